The van der Waals surface area contributed by atoms with E-state index in [2.05, 4.69) is 5.10 Å². The Balaban J connectivity index is 1.83. The highest BCUT2D eigenvalue weighted by atomic mass is 19.1. The van der Waals surface area contributed by atoms with Crippen molar-refractivity contribution in [2.75, 3.05) is 6.54 Å². The molecule has 1 fully saturated rings. The molecule has 3 atom stereocenters. The molecule has 32 heavy (non-hydrogen) atoms. The van der Waals surface area contributed by atoms with E-state index < -0.39 is 52.5 Å². The quantitative estimate of drug-likeness (QED) is 0.677. The molecule has 2 aliphatic rings. The number of hydrogen-bond donors (Lipinski definition) is 1. The molecule has 9 heteroatoms. The second kappa shape index (κ2) is 7.51. The van der Waals surface area contributed by atoms with Crippen molar-refractivity contribution in [3.05, 3.63) is 93.2 Å². The van der Waals surface area contributed by atoms with Gasteiger partial charge in [0.2, 0.25) is 5.43 Å². The number of halogens is 3. The van der Waals surface area contributed by atoms with Gasteiger partial charge >= 0.3 is 0 Å². The predicted octanol–water partition coefficient (Wildman–Crippen LogP) is 3.36. The van der Waals surface area contributed by atoms with Crippen LogP contribution < -0.4 is 5.43 Å². The Bertz CT molecular complexity index is 1270. The second-order valence-corrected chi connectivity index (χ2v) is 8.02. The van der Waals surface area contributed by atoms with Crippen molar-refractivity contribution in [1.82, 2.24) is 14.7 Å². The Morgan fingerprint density at radius 2 is 1.78 bits per heavy atom. The second-order valence-electron chi connectivity index (χ2n) is 8.02. The number of rotatable bonds is 3. The van der Waals surface area contributed by atoms with Gasteiger partial charge < -0.3 is 10.0 Å². The molecule has 1 N–H and O–H groups in total. The molecule has 1 saturated heterocycles. The van der Waals surface area contributed by atoms with Crippen molar-refractivity contribution < 1.29 is 23.1 Å². The van der Waals surface area contributed by atoms with E-state index in [1.54, 1.807) is 6.07 Å². The first-order valence-corrected chi connectivity index (χ1v) is 10.2. The molecule has 0 spiro atoms. The summed E-state index contributed by atoms with van der Waals surface area (Å²) in [4.78, 5) is 26.6. The zero-order valence-corrected chi connectivity index (χ0v) is 16.7. The monoisotopic (exact) mass is 441 g/mol. The molecule has 164 valence electrons. The number of aromatic hydroxyl groups is 1. The maximum absolute atomic E-state index is 15.0. The molecule has 1 aromatic heterocycles. The molecule has 0 saturated carbocycles. The maximum Gasteiger partial charge on any atom is 0.276 e. The summed E-state index contributed by atoms with van der Waals surface area (Å²) in [6.45, 7) is 0.359. The summed E-state index contributed by atoms with van der Waals surface area (Å²) in [5.41, 5.74) is -1.18. The average molecular weight is 441 g/mol. The number of aromatic nitrogens is 2. The van der Waals surface area contributed by atoms with Gasteiger partial charge in [-0.15, -0.1) is 0 Å². The van der Waals surface area contributed by atoms with Crippen LogP contribution in [0.4, 0.5) is 13.2 Å². The third kappa shape index (κ3) is 2.99. The first-order chi connectivity index (χ1) is 15.4. The van der Waals surface area contributed by atoms with Crippen LogP contribution in [0, 0.1) is 17.5 Å². The topological polar surface area (TPSA) is 75.4 Å². The fourth-order valence-electron chi connectivity index (χ4n) is 4.99. The fraction of sp³-hybridized carbons (Fsp3) is 0.261. The van der Waals surface area contributed by atoms with E-state index in [1.807, 2.05) is 0 Å². The van der Waals surface area contributed by atoms with Crippen LogP contribution in [-0.2, 0) is 0 Å². The van der Waals surface area contributed by atoms with Crippen LogP contribution in [0.3, 0.4) is 0 Å². The Hall–Kier alpha value is -3.62. The standard InChI is InChI=1S/C23H18F3N3O3/c24-13-5-1-4-12(10-13)18(19-14(25)6-2-7-15(19)26)20-16-8-3-9-28(16)23(32)21-22(31)17(30)11-27-29(20)21/h1-2,4-7,10-11,16,18,20,31H,3,8-9H2/t16-,18+,20-/m1/s1. The highest BCUT2D eigenvalue weighted by Crippen LogP contribution is 2.46. The summed E-state index contributed by atoms with van der Waals surface area (Å²) in [6, 6.07) is 7.46. The molecule has 2 aliphatic heterocycles. The van der Waals surface area contributed by atoms with Gasteiger partial charge in [-0.1, -0.05) is 18.2 Å². The molecule has 3 aromatic rings. The van der Waals surface area contributed by atoms with E-state index >= 15 is 8.78 Å². The minimum absolute atomic E-state index is 0.283. The van der Waals surface area contributed by atoms with Crippen molar-refractivity contribution in [3.8, 4) is 5.75 Å². The summed E-state index contributed by atoms with van der Waals surface area (Å²) in [5.74, 6) is -4.67. The van der Waals surface area contributed by atoms with Crippen LogP contribution >= 0.6 is 0 Å². The molecule has 6 nitrogen and oxygen atoms in total. The molecule has 2 aromatic carbocycles. The lowest BCUT2D eigenvalue weighted by Gasteiger charge is -2.42. The van der Waals surface area contributed by atoms with Crippen LogP contribution in [0.25, 0.3) is 0 Å². The Morgan fingerprint density at radius 1 is 1.06 bits per heavy atom. The van der Waals surface area contributed by atoms with Crippen molar-refractivity contribution in [3.63, 3.8) is 0 Å². The number of carbonyl (C=O) groups is 1. The van der Waals surface area contributed by atoms with Crippen molar-refractivity contribution in [2.24, 2.45) is 0 Å². The molecule has 1 amide bonds. The van der Waals surface area contributed by atoms with Crippen LogP contribution in [0.15, 0.2) is 53.5 Å². The van der Waals surface area contributed by atoms with E-state index in [-0.39, 0.29) is 16.8 Å². The molecule has 0 unspecified atom stereocenters. The lowest BCUT2D eigenvalue weighted by Crippen LogP contribution is -2.51. The molecule has 5 rings (SSSR count). The number of carbonyl (C=O) groups excluding carboxylic acids is 1. The van der Waals surface area contributed by atoms with Gasteiger partial charge in [0.15, 0.2) is 11.4 Å². The highest BCUT2D eigenvalue weighted by molar-refractivity contribution is 5.96. The van der Waals surface area contributed by atoms with E-state index in [4.69, 9.17) is 0 Å². The predicted molar refractivity (Wildman–Crippen MR) is 108 cm³/mol. The summed E-state index contributed by atoms with van der Waals surface area (Å²) in [6.07, 6.45) is 2.01. The first-order valence-electron chi connectivity index (χ1n) is 10.2. The largest absolute Gasteiger partial charge is 0.502 e. The lowest BCUT2D eigenvalue weighted by molar-refractivity contribution is 0.0563. The van der Waals surface area contributed by atoms with E-state index in [0.717, 1.165) is 18.3 Å². The van der Waals surface area contributed by atoms with E-state index in [0.29, 0.717) is 19.4 Å². The Morgan fingerprint density at radius 3 is 2.50 bits per heavy atom. The number of benzene rings is 2. The van der Waals surface area contributed by atoms with E-state index in [9.17, 15) is 19.1 Å². The SMILES string of the molecule is O=C1c2c(O)c(=O)cnn2[C@@H]([C@@H](c2cccc(F)c2)c2c(F)cccc2F)[C@H]2CCCN12. The van der Waals surface area contributed by atoms with Crippen LogP contribution in [0.5, 0.6) is 5.75 Å². The van der Waals surface area contributed by atoms with Crippen molar-refractivity contribution in [1.29, 1.82) is 0 Å². The third-order valence-corrected chi connectivity index (χ3v) is 6.29. The van der Waals surface area contributed by atoms with Gasteiger partial charge in [0, 0.05) is 18.0 Å². The van der Waals surface area contributed by atoms with Gasteiger partial charge in [0.25, 0.3) is 5.91 Å². The number of amides is 1. The Kier molecular flexibility index (Phi) is 4.76. The maximum atomic E-state index is 15.0. The normalized spacial score (nSPS) is 20.7. The van der Waals surface area contributed by atoms with Crippen molar-refractivity contribution >= 4 is 5.91 Å². The van der Waals surface area contributed by atoms with Gasteiger partial charge in [-0.05, 0) is 42.7 Å². The summed E-state index contributed by atoms with van der Waals surface area (Å²) < 4.78 is 45.4. The molecule has 0 bridgehead atoms. The van der Waals surface area contributed by atoms with Gasteiger partial charge in [0.1, 0.15) is 17.5 Å². The number of nitrogens with zero attached hydrogens (tertiary/aromatic N) is 3. The van der Waals surface area contributed by atoms with Crippen molar-refractivity contribution in [2.45, 2.75) is 30.8 Å². The van der Waals surface area contributed by atoms with Crippen LogP contribution in [0.2, 0.25) is 0 Å². The van der Waals surface area contributed by atoms with E-state index in [1.165, 1.54) is 33.8 Å². The number of fused-ring (bicyclic) bond motifs is 2. The zero-order valence-electron chi connectivity index (χ0n) is 16.7. The minimum atomic E-state index is -1.08. The summed E-state index contributed by atoms with van der Waals surface area (Å²) in [5, 5.41) is 14.5. The number of hydrogen-bond acceptors (Lipinski definition) is 4. The molecule has 0 radical (unpaired) electrons. The Labute approximate surface area is 180 Å². The summed E-state index contributed by atoms with van der Waals surface area (Å²) in [7, 11) is 0. The minimum Gasteiger partial charge on any atom is -0.502 e. The highest BCUT2D eigenvalue weighted by Gasteiger charge is 2.49. The van der Waals surface area contributed by atoms with Crippen LogP contribution in [0.1, 0.15) is 46.4 Å². The lowest BCUT2D eigenvalue weighted by atomic mass is 9.79. The van der Waals surface area contributed by atoms with Crippen LogP contribution in [-0.4, -0.2) is 38.3 Å². The van der Waals surface area contributed by atoms with Gasteiger partial charge in [-0.3, -0.25) is 14.3 Å². The molecular formula is C23H18F3N3O3. The van der Waals surface area contributed by atoms with Gasteiger partial charge in [0.05, 0.1) is 18.3 Å². The van der Waals surface area contributed by atoms with Gasteiger partial charge in [-0.25, -0.2) is 13.2 Å². The zero-order chi connectivity index (χ0) is 22.6. The third-order valence-electron chi connectivity index (χ3n) is 6.29. The molecule has 3 heterocycles. The average Bonchev–Trinajstić information content (AvgIpc) is 3.25. The summed E-state index contributed by atoms with van der Waals surface area (Å²) >= 11 is 0. The smallest absolute Gasteiger partial charge is 0.276 e. The fourth-order valence-corrected chi connectivity index (χ4v) is 4.99. The first kappa shape index (κ1) is 20.3. The molecular weight excluding hydrogens is 423 g/mol. The van der Waals surface area contributed by atoms with Gasteiger partial charge in [-0.2, -0.15) is 5.10 Å². The molecule has 0 aliphatic carbocycles.